The number of nitrogens with one attached hydrogen (secondary N) is 1. The van der Waals surface area contributed by atoms with Crippen LogP contribution < -0.4 is 10.2 Å². The van der Waals surface area contributed by atoms with E-state index in [2.05, 4.69) is 22.1 Å². The summed E-state index contributed by atoms with van der Waals surface area (Å²) in [6, 6.07) is 3.99. The number of aromatic nitrogens is 1. The maximum absolute atomic E-state index is 11.1. The van der Waals surface area contributed by atoms with Crippen molar-refractivity contribution in [2.24, 2.45) is 0 Å². The minimum absolute atomic E-state index is 0.0402. The second-order valence-corrected chi connectivity index (χ2v) is 5.20. The van der Waals surface area contributed by atoms with Crippen LogP contribution >= 0.6 is 0 Å². The monoisotopic (exact) mass is 278 g/mol. The Balaban J connectivity index is 2.18. The summed E-state index contributed by atoms with van der Waals surface area (Å²) in [6.07, 6.45) is 5.90. The maximum Gasteiger partial charge on any atom is 0.387 e. The number of pyridine rings is 1. The number of rotatable bonds is 7. The lowest BCUT2D eigenvalue weighted by molar-refractivity contribution is -0.388. The molecule has 110 valence electrons. The highest BCUT2D eigenvalue weighted by molar-refractivity contribution is 5.59. The van der Waals surface area contributed by atoms with Gasteiger partial charge in [-0.25, -0.2) is 0 Å². The van der Waals surface area contributed by atoms with Crippen molar-refractivity contribution in [3.8, 4) is 0 Å². The molecular weight excluding hydrogens is 256 g/mol. The molecule has 1 aliphatic rings. The van der Waals surface area contributed by atoms with Gasteiger partial charge in [0.15, 0.2) is 0 Å². The summed E-state index contributed by atoms with van der Waals surface area (Å²) in [7, 11) is 0. The van der Waals surface area contributed by atoms with E-state index < -0.39 is 4.92 Å². The number of anilines is 1. The molecule has 0 bridgehead atoms. The molecule has 0 radical (unpaired) electrons. The molecule has 1 N–H and O–H groups in total. The van der Waals surface area contributed by atoms with E-state index in [1.54, 1.807) is 12.1 Å². The van der Waals surface area contributed by atoms with E-state index in [9.17, 15) is 10.1 Å². The Morgan fingerprint density at radius 3 is 3.10 bits per heavy atom. The molecular formula is C14H22N4O2. The van der Waals surface area contributed by atoms with E-state index in [0.29, 0.717) is 11.7 Å². The van der Waals surface area contributed by atoms with Gasteiger partial charge in [-0.3, -0.25) is 0 Å². The molecule has 0 amide bonds. The minimum Gasteiger partial charge on any atom is -0.363 e. The second kappa shape index (κ2) is 7.19. The van der Waals surface area contributed by atoms with Crippen LogP contribution in [0.15, 0.2) is 18.3 Å². The van der Waals surface area contributed by atoms with E-state index in [-0.39, 0.29) is 5.82 Å². The molecule has 0 aliphatic carbocycles. The summed E-state index contributed by atoms with van der Waals surface area (Å²) in [6.45, 7) is 4.82. The predicted octanol–water partition coefficient (Wildman–Crippen LogP) is 2.35. The van der Waals surface area contributed by atoms with Crippen LogP contribution in [0.4, 0.5) is 11.5 Å². The number of unbranched alkanes of at least 4 members (excludes halogenated alkanes) is 1. The molecule has 0 spiro atoms. The smallest absolute Gasteiger partial charge is 0.363 e. The van der Waals surface area contributed by atoms with Gasteiger partial charge in [0.1, 0.15) is 11.9 Å². The van der Waals surface area contributed by atoms with E-state index >= 15 is 0 Å². The average molecular weight is 278 g/mol. The topological polar surface area (TPSA) is 71.3 Å². The van der Waals surface area contributed by atoms with Crippen LogP contribution in [0.25, 0.3) is 0 Å². The second-order valence-electron chi connectivity index (χ2n) is 5.20. The first-order chi connectivity index (χ1) is 9.72. The van der Waals surface area contributed by atoms with Crippen LogP contribution in [0.3, 0.4) is 0 Å². The van der Waals surface area contributed by atoms with Gasteiger partial charge < -0.3 is 20.3 Å². The Morgan fingerprint density at radius 2 is 2.45 bits per heavy atom. The number of hydrogen-bond donors (Lipinski definition) is 1. The van der Waals surface area contributed by atoms with Crippen molar-refractivity contribution < 1.29 is 4.92 Å². The third-order valence-electron chi connectivity index (χ3n) is 3.66. The van der Waals surface area contributed by atoms with E-state index in [1.165, 1.54) is 12.6 Å². The van der Waals surface area contributed by atoms with Gasteiger partial charge in [-0.1, -0.05) is 13.3 Å². The summed E-state index contributed by atoms with van der Waals surface area (Å²) < 4.78 is 0. The Kier molecular flexibility index (Phi) is 5.29. The summed E-state index contributed by atoms with van der Waals surface area (Å²) in [5.41, 5.74) is 0.639. The first kappa shape index (κ1) is 14.7. The zero-order valence-corrected chi connectivity index (χ0v) is 11.9. The van der Waals surface area contributed by atoms with Crippen LogP contribution in [-0.4, -0.2) is 35.6 Å². The van der Waals surface area contributed by atoms with E-state index in [0.717, 1.165) is 38.9 Å². The predicted molar refractivity (Wildman–Crippen MR) is 79.0 cm³/mol. The lowest BCUT2D eigenvalue weighted by Gasteiger charge is -2.27. The van der Waals surface area contributed by atoms with Crippen LogP contribution in [0.1, 0.15) is 32.6 Å². The number of nitro groups is 1. The van der Waals surface area contributed by atoms with Gasteiger partial charge in [0, 0.05) is 19.1 Å². The zero-order valence-electron chi connectivity index (χ0n) is 11.9. The number of nitrogens with zero attached hydrogens (tertiary/aromatic N) is 3. The van der Waals surface area contributed by atoms with Crippen molar-refractivity contribution in [1.29, 1.82) is 0 Å². The van der Waals surface area contributed by atoms with Crippen LogP contribution in [0.5, 0.6) is 0 Å². The van der Waals surface area contributed by atoms with Gasteiger partial charge in [0.2, 0.25) is 0 Å². The summed E-state index contributed by atoms with van der Waals surface area (Å²) in [5, 5.41) is 14.6. The lowest BCUT2D eigenvalue weighted by Crippen LogP contribution is -2.38. The Labute approximate surface area is 119 Å². The molecule has 1 aromatic heterocycles. The van der Waals surface area contributed by atoms with Gasteiger partial charge in [-0.2, -0.15) is 0 Å². The Morgan fingerprint density at radius 1 is 1.60 bits per heavy atom. The quantitative estimate of drug-likeness (QED) is 0.612. The highest BCUT2D eigenvalue weighted by Crippen LogP contribution is 2.26. The number of hydrogen-bond acceptors (Lipinski definition) is 5. The van der Waals surface area contributed by atoms with Gasteiger partial charge in [-0.15, -0.1) is 0 Å². The first-order valence-corrected chi connectivity index (χ1v) is 7.30. The molecule has 6 heteroatoms. The highest BCUT2D eigenvalue weighted by atomic mass is 16.6. The molecule has 1 unspecified atom stereocenters. The SMILES string of the molecule is CCCCN(CC1CCCN1)c1cccnc1[N+](=O)[O-]. The molecule has 2 rings (SSSR count). The Bertz CT molecular complexity index is 447. The standard InChI is InChI=1S/C14H22N4O2/c1-2-3-10-17(11-12-6-4-8-15-12)13-7-5-9-16-14(13)18(19)20/h5,7,9,12,15H,2-4,6,8,10-11H2,1H3. The molecule has 0 aromatic carbocycles. The fraction of sp³-hybridized carbons (Fsp3) is 0.643. The zero-order chi connectivity index (χ0) is 14.4. The highest BCUT2D eigenvalue weighted by Gasteiger charge is 2.23. The van der Waals surface area contributed by atoms with Crippen LogP contribution in [0.2, 0.25) is 0 Å². The molecule has 2 heterocycles. The van der Waals surface area contributed by atoms with Crippen molar-refractivity contribution in [2.45, 2.75) is 38.6 Å². The third kappa shape index (κ3) is 3.66. The van der Waals surface area contributed by atoms with E-state index in [1.807, 2.05) is 0 Å². The van der Waals surface area contributed by atoms with Gasteiger partial charge in [0.25, 0.3) is 0 Å². The minimum atomic E-state index is -0.393. The van der Waals surface area contributed by atoms with Crippen LogP contribution in [-0.2, 0) is 0 Å². The molecule has 1 aliphatic heterocycles. The fourth-order valence-corrected chi connectivity index (χ4v) is 2.61. The summed E-state index contributed by atoms with van der Waals surface area (Å²) in [4.78, 5) is 16.8. The van der Waals surface area contributed by atoms with Crippen LogP contribution in [0, 0.1) is 10.1 Å². The molecule has 1 fully saturated rings. The molecule has 1 saturated heterocycles. The largest absolute Gasteiger partial charge is 0.387 e. The van der Waals surface area contributed by atoms with Gasteiger partial charge in [0.05, 0.1) is 0 Å². The van der Waals surface area contributed by atoms with Gasteiger partial charge >= 0.3 is 5.82 Å². The van der Waals surface area contributed by atoms with E-state index in [4.69, 9.17) is 0 Å². The van der Waals surface area contributed by atoms with Crippen molar-refractivity contribution in [3.05, 3.63) is 28.4 Å². The normalized spacial score (nSPS) is 18.1. The molecule has 1 aromatic rings. The molecule has 20 heavy (non-hydrogen) atoms. The lowest BCUT2D eigenvalue weighted by atomic mass is 10.2. The molecule has 1 atom stereocenters. The Hall–Kier alpha value is -1.69. The van der Waals surface area contributed by atoms with Crippen molar-refractivity contribution >= 4 is 11.5 Å². The summed E-state index contributed by atoms with van der Waals surface area (Å²) in [5.74, 6) is -0.0402. The molecule has 0 saturated carbocycles. The maximum atomic E-state index is 11.1. The van der Waals surface area contributed by atoms with Crippen molar-refractivity contribution in [1.82, 2.24) is 10.3 Å². The summed E-state index contributed by atoms with van der Waals surface area (Å²) >= 11 is 0. The van der Waals surface area contributed by atoms with Crippen molar-refractivity contribution in [3.63, 3.8) is 0 Å². The average Bonchev–Trinajstić information content (AvgIpc) is 2.96. The fourth-order valence-electron chi connectivity index (χ4n) is 2.61. The van der Waals surface area contributed by atoms with Crippen molar-refractivity contribution in [2.75, 3.05) is 24.5 Å². The third-order valence-corrected chi connectivity index (χ3v) is 3.66. The molecule has 6 nitrogen and oxygen atoms in total. The first-order valence-electron chi connectivity index (χ1n) is 7.30. The van der Waals surface area contributed by atoms with Gasteiger partial charge in [-0.05, 0) is 47.8 Å².